The third kappa shape index (κ3) is 1.87. The Bertz CT molecular complexity index is 486. The van der Waals surface area contributed by atoms with Crippen LogP contribution in [0.4, 0.5) is 0 Å². The largest absolute Gasteiger partial charge is 0.487 e. The van der Waals surface area contributed by atoms with E-state index in [0.29, 0.717) is 16.9 Å². The Balaban J connectivity index is 0.00000108. The van der Waals surface area contributed by atoms with E-state index in [0.717, 1.165) is 13.1 Å². The maximum atomic E-state index is 11.6. The molecule has 2 aliphatic heterocycles. The minimum Gasteiger partial charge on any atom is -0.487 e. The number of hydrogen-bond acceptors (Lipinski definition) is 4. The van der Waals surface area contributed by atoms with Gasteiger partial charge < -0.3 is 10.1 Å². The predicted octanol–water partition coefficient (Wildman–Crippen LogP) is 0.343. The van der Waals surface area contributed by atoms with Crippen molar-refractivity contribution in [2.45, 2.75) is 6.10 Å². The zero-order valence-corrected chi connectivity index (χ0v) is 9.67. The van der Waals surface area contributed by atoms with Crippen molar-refractivity contribution in [1.29, 1.82) is 0 Å². The number of fused-ring (bicyclic) bond motifs is 1. The highest BCUT2D eigenvalue weighted by molar-refractivity contribution is 6.22. The van der Waals surface area contributed by atoms with Crippen LogP contribution in [-0.4, -0.2) is 31.0 Å². The second-order valence-electron chi connectivity index (χ2n) is 3.86. The van der Waals surface area contributed by atoms with Crippen LogP contribution in [0.25, 0.3) is 0 Å². The van der Waals surface area contributed by atoms with Crippen LogP contribution in [0.5, 0.6) is 5.75 Å². The number of imide groups is 1. The minimum absolute atomic E-state index is 0. The highest BCUT2D eigenvalue weighted by Gasteiger charge is 2.31. The highest BCUT2D eigenvalue weighted by Crippen LogP contribution is 2.27. The Hall–Kier alpha value is -1.59. The Morgan fingerprint density at radius 2 is 1.94 bits per heavy atom. The molecule has 0 atom stereocenters. The number of ether oxygens (including phenoxy) is 1. The molecule has 0 radical (unpaired) electrons. The molecule has 90 valence electrons. The van der Waals surface area contributed by atoms with Gasteiger partial charge in [-0.25, -0.2) is 0 Å². The molecule has 2 heterocycles. The number of carbonyl (C=O) groups is 2. The highest BCUT2D eigenvalue weighted by atomic mass is 35.5. The zero-order valence-electron chi connectivity index (χ0n) is 8.86. The number of nitrogens with one attached hydrogen (secondary N) is 2. The molecule has 0 spiro atoms. The van der Waals surface area contributed by atoms with Crippen LogP contribution in [-0.2, 0) is 0 Å². The average molecular weight is 255 g/mol. The molecule has 0 saturated carbocycles. The number of amides is 2. The molecule has 17 heavy (non-hydrogen) atoms. The normalized spacial score (nSPS) is 17.9. The van der Waals surface area contributed by atoms with Gasteiger partial charge in [-0.1, -0.05) is 6.07 Å². The lowest BCUT2D eigenvalue weighted by atomic mass is 10.1. The number of hydrogen-bond donors (Lipinski definition) is 2. The van der Waals surface area contributed by atoms with Crippen LogP contribution in [0, 0.1) is 0 Å². The van der Waals surface area contributed by atoms with E-state index in [1.54, 1.807) is 18.2 Å². The molecule has 0 aromatic heterocycles. The zero-order chi connectivity index (χ0) is 11.1. The molecule has 0 bridgehead atoms. The molecule has 5 nitrogen and oxygen atoms in total. The fourth-order valence-electron chi connectivity index (χ4n) is 1.81. The van der Waals surface area contributed by atoms with Crippen molar-refractivity contribution in [3.63, 3.8) is 0 Å². The van der Waals surface area contributed by atoms with Gasteiger partial charge in [0.05, 0.1) is 11.1 Å². The van der Waals surface area contributed by atoms with Crippen LogP contribution in [0.2, 0.25) is 0 Å². The summed E-state index contributed by atoms with van der Waals surface area (Å²) in [6.45, 7) is 1.55. The number of halogens is 1. The Morgan fingerprint density at radius 1 is 1.18 bits per heavy atom. The minimum atomic E-state index is -0.372. The molecule has 2 amide bonds. The van der Waals surface area contributed by atoms with Crippen molar-refractivity contribution in [3.05, 3.63) is 29.3 Å². The quantitative estimate of drug-likeness (QED) is 0.747. The van der Waals surface area contributed by atoms with Gasteiger partial charge in [-0.2, -0.15) is 0 Å². The molecule has 0 unspecified atom stereocenters. The smallest absolute Gasteiger partial charge is 0.262 e. The molecule has 3 rings (SSSR count). The van der Waals surface area contributed by atoms with Crippen molar-refractivity contribution in [3.8, 4) is 5.75 Å². The Morgan fingerprint density at radius 3 is 2.59 bits per heavy atom. The average Bonchev–Trinajstić information content (AvgIpc) is 2.50. The number of carbonyl (C=O) groups excluding carboxylic acids is 2. The standard InChI is InChI=1S/C11H10N2O3.ClH/c14-10-7-2-1-3-8(9(7)11(15)13-10)16-6-4-12-5-6;/h1-3,6,12H,4-5H2,(H,13,14,15);1H. The summed E-state index contributed by atoms with van der Waals surface area (Å²) in [6.07, 6.45) is 0.0926. The molecule has 1 fully saturated rings. The van der Waals surface area contributed by atoms with E-state index >= 15 is 0 Å². The third-order valence-electron chi connectivity index (χ3n) is 2.76. The molecule has 1 saturated heterocycles. The first kappa shape index (κ1) is 11.9. The summed E-state index contributed by atoms with van der Waals surface area (Å²) in [6, 6.07) is 5.06. The van der Waals surface area contributed by atoms with Gasteiger partial charge in [0.15, 0.2) is 0 Å². The summed E-state index contributed by atoms with van der Waals surface area (Å²) in [7, 11) is 0. The van der Waals surface area contributed by atoms with Crippen molar-refractivity contribution >= 4 is 24.2 Å². The summed E-state index contributed by atoms with van der Waals surface area (Å²) in [5, 5.41) is 5.34. The van der Waals surface area contributed by atoms with E-state index in [2.05, 4.69) is 10.6 Å². The van der Waals surface area contributed by atoms with Gasteiger partial charge in [0, 0.05) is 13.1 Å². The van der Waals surface area contributed by atoms with E-state index in [1.807, 2.05) is 0 Å². The Labute approximate surface area is 104 Å². The van der Waals surface area contributed by atoms with Crippen LogP contribution < -0.4 is 15.4 Å². The van der Waals surface area contributed by atoms with Crippen LogP contribution in [0.1, 0.15) is 20.7 Å². The summed E-state index contributed by atoms with van der Waals surface area (Å²) < 4.78 is 5.64. The van der Waals surface area contributed by atoms with Crippen LogP contribution >= 0.6 is 12.4 Å². The maximum Gasteiger partial charge on any atom is 0.262 e. The maximum absolute atomic E-state index is 11.6. The summed E-state index contributed by atoms with van der Waals surface area (Å²) >= 11 is 0. The van der Waals surface area contributed by atoms with Crippen LogP contribution in [0.15, 0.2) is 18.2 Å². The van der Waals surface area contributed by atoms with Crippen molar-refractivity contribution in [2.24, 2.45) is 0 Å². The van der Waals surface area contributed by atoms with Crippen molar-refractivity contribution in [2.75, 3.05) is 13.1 Å². The number of rotatable bonds is 2. The lowest BCUT2D eigenvalue weighted by molar-refractivity contribution is 0.0876. The van der Waals surface area contributed by atoms with E-state index in [9.17, 15) is 9.59 Å². The second kappa shape index (κ2) is 4.35. The van der Waals surface area contributed by atoms with E-state index in [1.165, 1.54) is 0 Å². The topological polar surface area (TPSA) is 67.4 Å². The Kier molecular flexibility index (Phi) is 3.04. The SMILES string of the molecule is Cl.O=C1NC(=O)c2c(OC3CNC3)cccc21. The first-order chi connectivity index (χ1) is 7.75. The molecular weight excluding hydrogens is 244 g/mol. The third-order valence-corrected chi connectivity index (χ3v) is 2.76. The van der Waals surface area contributed by atoms with Gasteiger partial charge >= 0.3 is 0 Å². The van der Waals surface area contributed by atoms with Gasteiger partial charge in [-0.15, -0.1) is 12.4 Å². The van der Waals surface area contributed by atoms with Gasteiger partial charge in [0.1, 0.15) is 11.9 Å². The lowest BCUT2D eigenvalue weighted by Gasteiger charge is -2.28. The molecule has 1 aromatic rings. The van der Waals surface area contributed by atoms with Crippen molar-refractivity contribution in [1.82, 2.24) is 10.6 Å². The molecule has 2 N–H and O–H groups in total. The molecular formula is C11H11ClN2O3. The number of benzene rings is 1. The molecule has 1 aromatic carbocycles. The van der Waals surface area contributed by atoms with Crippen molar-refractivity contribution < 1.29 is 14.3 Å². The van der Waals surface area contributed by atoms with E-state index in [4.69, 9.17) is 4.74 Å². The fraction of sp³-hybridized carbons (Fsp3) is 0.273. The van der Waals surface area contributed by atoms with Gasteiger partial charge in [0.25, 0.3) is 11.8 Å². The predicted molar refractivity (Wildman–Crippen MR) is 62.8 cm³/mol. The monoisotopic (exact) mass is 254 g/mol. The fourth-order valence-corrected chi connectivity index (χ4v) is 1.81. The summed E-state index contributed by atoms with van der Waals surface area (Å²) in [5.74, 6) is -0.229. The summed E-state index contributed by atoms with van der Waals surface area (Å²) in [5.41, 5.74) is 0.759. The van der Waals surface area contributed by atoms with Gasteiger partial charge in [-0.05, 0) is 12.1 Å². The first-order valence-corrected chi connectivity index (χ1v) is 5.12. The van der Waals surface area contributed by atoms with Crippen LogP contribution in [0.3, 0.4) is 0 Å². The van der Waals surface area contributed by atoms with E-state index < -0.39 is 0 Å². The molecule has 2 aliphatic rings. The van der Waals surface area contributed by atoms with Gasteiger partial charge in [-0.3, -0.25) is 14.9 Å². The molecule has 6 heteroatoms. The summed E-state index contributed by atoms with van der Waals surface area (Å²) in [4.78, 5) is 23.0. The molecule has 0 aliphatic carbocycles. The first-order valence-electron chi connectivity index (χ1n) is 5.12. The van der Waals surface area contributed by atoms with Gasteiger partial charge in [0.2, 0.25) is 0 Å². The second-order valence-corrected chi connectivity index (χ2v) is 3.86. The lowest BCUT2D eigenvalue weighted by Crippen LogP contribution is -2.50. The van der Waals surface area contributed by atoms with E-state index in [-0.39, 0.29) is 30.3 Å².